The number of halogens is 4. The van der Waals surface area contributed by atoms with E-state index in [1.54, 1.807) is 7.05 Å². The number of thioether (sulfide) groups is 1. The lowest BCUT2D eigenvalue weighted by Gasteiger charge is -2.14. The van der Waals surface area contributed by atoms with Gasteiger partial charge in [0.25, 0.3) is 0 Å². The SMILES string of the molecule is CN(CCBr)CCSC(F)(F)F. The van der Waals surface area contributed by atoms with Gasteiger partial charge >= 0.3 is 5.51 Å². The van der Waals surface area contributed by atoms with Gasteiger partial charge in [-0.25, -0.2) is 0 Å². The van der Waals surface area contributed by atoms with Crippen molar-refractivity contribution in [1.29, 1.82) is 0 Å². The van der Waals surface area contributed by atoms with Crippen LogP contribution in [0.15, 0.2) is 0 Å². The maximum absolute atomic E-state index is 11.6. The standard InChI is InChI=1S/C6H11BrF3NS/c1-11(3-2-7)4-5-12-6(8,9)10/h2-5H2,1H3. The summed E-state index contributed by atoms with van der Waals surface area (Å²) in [7, 11) is 1.80. The van der Waals surface area contributed by atoms with Gasteiger partial charge in [-0.3, -0.25) is 0 Å². The molecule has 12 heavy (non-hydrogen) atoms. The molecule has 0 atom stereocenters. The van der Waals surface area contributed by atoms with E-state index in [1.807, 2.05) is 4.90 Å². The molecule has 0 aliphatic rings. The van der Waals surface area contributed by atoms with Gasteiger partial charge in [0.2, 0.25) is 0 Å². The van der Waals surface area contributed by atoms with E-state index in [-0.39, 0.29) is 17.5 Å². The lowest BCUT2D eigenvalue weighted by atomic mass is 10.6. The van der Waals surface area contributed by atoms with E-state index in [4.69, 9.17) is 0 Å². The Morgan fingerprint density at radius 3 is 2.33 bits per heavy atom. The van der Waals surface area contributed by atoms with Crippen LogP contribution in [-0.2, 0) is 0 Å². The molecule has 0 fully saturated rings. The molecule has 0 amide bonds. The molecule has 0 aliphatic heterocycles. The summed E-state index contributed by atoms with van der Waals surface area (Å²) in [5.41, 5.74) is -4.09. The van der Waals surface area contributed by atoms with Crippen LogP contribution in [0.5, 0.6) is 0 Å². The quantitative estimate of drug-likeness (QED) is 0.703. The molecular weight excluding hydrogens is 255 g/mol. The Bertz CT molecular complexity index is 120. The molecule has 6 heteroatoms. The summed E-state index contributed by atoms with van der Waals surface area (Å²) in [6.45, 7) is 1.24. The van der Waals surface area contributed by atoms with Crippen LogP contribution in [0.2, 0.25) is 0 Å². The highest BCUT2D eigenvalue weighted by Crippen LogP contribution is 2.29. The van der Waals surface area contributed by atoms with Gasteiger partial charge in [0.15, 0.2) is 0 Å². The first-order valence-electron chi connectivity index (χ1n) is 3.41. The predicted octanol–water partition coefficient (Wildman–Crippen LogP) is 2.57. The molecule has 74 valence electrons. The molecule has 0 heterocycles. The van der Waals surface area contributed by atoms with Gasteiger partial charge in [0, 0.05) is 24.2 Å². The normalized spacial score (nSPS) is 12.5. The van der Waals surface area contributed by atoms with Gasteiger partial charge in [-0.05, 0) is 18.8 Å². The Hall–Kier alpha value is 0.580. The molecule has 0 unspecified atom stereocenters. The fourth-order valence-electron chi connectivity index (χ4n) is 0.573. The minimum absolute atomic E-state index is 0.0308. The predicted molar refractivity (Wildman–Crippen MR) is 49.8 cm³/mol. The summed E-state index contributed by atoms with van der Waals surface area (Å²) in [4.78, 5) is 1.85. The molecule has 1 nitrogen and oxygen atoms in total. The minimum Gasteiger partial charge on any atom is -0.305 e. The smallest absolute Gasteiger partial charge is 0.305 e. The molecule has 0 bridgehead atoms. The van der Waals surface area contributed by atoms with Crippen LogP contribution in [0.25, 0.3) is 0 Å². The topological polar surface area (TPSA) is 3.24 Å². The first kappa shape index (κ1) is 12.6. The third-order valence-corrected chi connectivity index (χ3v) is 2.27. The number of alkyl halides is 4. The first-order valence-corrected chi connectivity index (χ1v) is 5.51. The van der Waals surface area contributed by atoms with Crippen molar-refractivity contribution in [1.82, 2.24) is 4.90 Å². The van der Waals surface area contributed by atoms with E-state index in [0.29, 0.717) is 6.54 Å². The van der Waals surface area contributed by atoms with Crippen molar-refractivity contribution in [2.45, 2.75) is 5.51 Å². The second kappa shape index (κ2) is 6.10. The zero-order valence-electron chi connectivity index (χ0n) is 6.70. The van der Waals surface area contributed by atoms with Crippen LogP contribution in [0.1, 0.15) is 0 Å². The highest BCUT2D eigenvalue weighted by molar-refractivity contribution is 9.09. The van der Waals surface area contributed by atoms with Crippen LogP contribution in [0, 0.1) is 0 Å². The highest BCUT2D eigenvalue weighted by Gasteiger charge is 2.27. The molecule has 0 aromatic carbocycles. The summed E-state index contributed by atoms with van der Waals surface area (Å²) < 4.78 is 34.9. The van der Waals surface area contributed by atoms with Crippen molar-refractivity contribution in [3.8, 4) is 0 Å². The van der Waals surface area contributed by atoms with Crippen LogP contribution in [0.4, 0.5) is 13.2 Å². The summed E-state index contributed by atoms with van der Waals surface area (Å²) in [5.74, 6) is 0.104. The number of hydrogen-bond acceptors (Lipinski definition) is 2. The molecule has 0 aliphatic carbocycles. The molecule has 0 saturated carbocycles. The molecule has 0 aromatic rings. The largest absolute Gasteiger partial charge is 0.441 e. The third kappa shape index (κ3) is 8.67. The Morgan fingerprint density at radius 1 is 1.33 bits per heavy atom. The zero-order valence-corrected chi connectivity index (χ0v) is 9.10. The maximum atomic E-state index is 11.6. The third-order valence-electron chi connectivity index (χ3n) is 1.20. The second-order valence-corrected chi connectivity index (χ2v) is 4.24. The number of nitrogens with zero attached hydrogens (tertiary/aromatic N) is 1. The fraction of sp³-hybridized carbons (Fsp3) is 1.00. The molecule has 0 spiro atoms. The Kier molecular flexibility index (Phi) is 6.39. The minimum atomic E-state index is -4.09. The summed E-state index contributed by atoms with van der Waals surface area (Å²) >= 11 is 3.24. The molecule has 0 saturated heterocycles. The van der Waals surface area contributed by atoms with Gasteiger partial charge < -0.3 is 4.90 Å². The zero-order chi connectivity index (χ0) is 9.61. The average Bonchev–Trinajstić information content (AvgIpc) is 1.84. The Labute approximate surface area is 82.8 Å². The van der Waals surface area contributed by atoms with Crippen molar-refractivity contribution in [3.63, 3.8) is 0 Å². The lowest BCUT2D eigenvalue weighted by Crippen LogP contribution is -2.24. The number of rotatable bonds is 5. The second-order valence-electron chi connectivity index (χ2n) is 2.29. The van der Waals surface area contributed by atoms with Crippen molar-refractivity contribution in [2.75, 3.05) is 31.2 Å². The van der Waals surface area contributed by atoms with Crippen LogP contribution < -0.4 is 0 Å². The van der Waals surface area contributed by atoms with Gasteiger partial charge in [-0.2, -0.15) is 13.2 Å². The van der Waals surface area contributed by atoms with Gasteiger partial charge in [-0.15, -0.1) is 0 Å². The molecule has 0 N–H and O–H groups in total. The van der Waals surface area contributed by atoms with Gasteiger partial charge in [0.1, 0.15) is 0 Å². The summed E-state index contributed by atoms with van der Waals surface area (Å²) in [5, 5.41) is 0.792. The Balaban J connectivity index is 3.31. The van der Waals surface area contributed by atoms with E-state index in [2.05, 4.69) is 15.9 Å². The molecule has 0 aromatic heterocycles. The van der Waals surface area contributed by atoms with E-state index in [0.717, 1.165) is 11.9 Å². The van der Waals surface area contributed by atoms with E-state index in [1.165, 1.54) is 0 Å². The average molecular weight is 266 g/mol. The highest BCUT2D eigenvalue weighted by atomic mass is 79.9. The Morgan fingerprint density at radius 2 is 1.92 bits per heavy atom. The van der Waals surface area contributed by atoms with Crippen molar-refractivity contribution in [3.05, 3.63) is 0 Å². The monoisotopic (exact) mass is 265 g/mol. The van der Waals surface area contributed by atoms with E-state index < -0.39 is 5.51 Å². The fourth-order valence-corrected chi connectivity index (χ4v) is 1.81. The van der Waals surface area contributed by atoms with Crippen molar-refractivity contribution in [2.24, 2.45) is 0 Å². The first-order chi connectivity index (χ1) is 5.45. The summed E-state index contributed by atoms with van der Waals surface area (Å²) in [6, 6.07) is 0. The van der Waals surface area contributed by atoms with Crippen molar-refractivity contribution < 1.29 is 13.2 Å². The van der Waals surface area contributed by atoms with Gasteiger partial charge in [0.05, 0.1) is 0 Å². The van der Waals surface area contributed by atoms with E-state index in [9.17, 15) is 13.2 Å². The van der Waals surface area contributed by atoms with E-state index >= 15 is 0 Å². The lowest BCUT2D eigenvalue weighted by molar-refractivity contribution is -0.0328. The van der Waals surface area contributed by atoms with Gasteiger partial charge in [-0.1, -0.05) is 15.9 Å². The van der Waals surface area contributed by atoms with Crippen LogP contribution in [-0.4, -0.2) is 41.6 Å². The number of hydrogen-bond donors (Lipinski definition) is 0. The molecule has 0 rings (SSSR count). The summed E-state index contributed by atoms with van der Waals surface area (Å²) in [6.07, 6.45) is 0. The van der Waals surface area contributed by atoms with Crippen LogP contribution >= 0.6 is 27.7 Å². The molecular formula is C6H11BrF3NS. The van der Waals surface area contributed by atoms with Crippen LogP contribution in [0.3, 0.4) is 0 Å². The maximum Gasteiger partial charge on any atom is 0.441 e. The molecule has 0 radical (unpaired) electrons. The van der Waals surface area contributed by atoms with Crippen molar-refractivity contribution >= 4 is 27.7 Å².